The van der Waals surface area contributed by atoms with Crippen molar-refractivity contribution < 1.29 is 9.53 Å². The summed E-state index contributed by atoms with van der Waals surface area (Å²) in [6.45, 7) is 13.9. The van der Waals surface area contributed by atoms with Crippen molar-refractivity contribution in [1.29, 1.82) is 0 Å². The molecule has 0 spiro atoms. The SMILES string of the molecule is C=CCn1c(=O)c2cnc(Nc3ccc(N4CCN(C)CC4)cc3)nc2n1-c1ccc2c(n1)N(CC)C(=O)C(C)(C)O2. The zero-order valence-electron chi connectivity index (χ0n) is 24.4. The molecule has 12 heteroatoms. The van der Waals surface area contributed by atoms with Crippen LogP contribution in [0.4, 0.5) is 23.1 Å². The van der Waals surface area contributed by atoms with E-state index in [4.69, 9.17) is 14.7 Å². The molecular weight excluding hydrogens is 534 g/mol. The number of nitrogens with zero attached hydrogens (tertiary/aromatic N) is 8. The Morgan fingerprint density at radius 2 is 1.79 bits per heavy atom. The number of ether oxygens (including phenoxy) is 1. The predicted octanol–water partition coefficient (Wildman–Crippen LogP) is 3.18. The second kappa shape index (κ2) is 10.6. The molecule has 0 bridgehead atoms. The van der Waals surface area contributed by atoms with Gasteiger partial charge in [-0.2, -0.15) is 4.98 Å². The first-order chi connectivity index (χ1) is 20.2. The number of likely N-dealkylation sites (N-methyl/N-ethyl adjacent to an activating group) is 2. The van der Waals surface area contributed by atoms with Crippen molar-refractivity contribution in [2.75, 3.05) is 54.9 Å². The van der Waals surface area contributed by atoms with Crippen molar-refractivity contribution >= 4 is 40.1 Å². The standard InChI is InChI=1S/C30H35N9O3/c1-6-14-38-27(40)22-19-31-29(32-20-8-10-21(11-9-20)36-17-15-35(5)16-18-36)34-25(22)39(38)24-13-12-23-26(33-24)37(7-2)28(41)30(3,4)42-23/h6,8-13,19H,1,7,14-18H2,2-5H3,(H,31,32,34). The van der Waals surface area contributed by atoms with Crippen LogP contribution in [0.5, 0.6) is 5.75 Å². The van der Waals surface area contributed by atoms with Crippen LogP contribution in [0.2, 0.25) is 0 Å². The number of hydrogen-bond donors (Lipinski definition) is 1. The van der Waals surface area contributed by atoms with Crippen molar-refractivity contribution in [2.24, 2.45) is 0 Å². The lowest BCUT2D eigenvalue weighted by Crippen LogP contribution is -2.52. The normalized spacial score (nSPS) is 16.8. The summed E-state index contributed by atoms with van der Waals surface area (Å²) >= 11 is 0. The highest BCUT2D eigenvalue weighted by atomic mass is 16.5. The third-order valence-electron chi connectivity index (χ3n) is 7.71. The van der Waals surface area contributed by atoms with Gasteiger partial charge < -0.3 is 19.9 Å². The number of piperazine rings is 1. The predicted molar refractivity (Wildman–Crippen MR) is 163 cm³/mol. The largest absolute Gasteiger partial charge is 0.474 e. The van der Waals surface area contributed by atoms with Gasteiger partial charge in [-0.05, 0) is 64.2 Å². The number of benzene rings is 1. The maximum absolute atomic E-state index is 13.4. The number of fused-ring (bicyclic) bond motifs is 2. The number of anilines is 4. The van der Waals surface area contributed by atoms with Crippen molar-refractivity contribution in [1.82, 2.24) is 29.2 Å². The van der Waals surface area contributed by atoms with Gasteiger partial charge in [0.1, 0.15) is 5.39 Å². The summed E-state index contributed by atoms with van der Waals surface area (Å²) in [5, 5.41) is 3.61. The number of hydrogen-bond acceptors (Lipinski definition) is 9. The van der Waals surface area contributed by atoms with E-state index in [-0.39, 0.29) is 18.0 Å². The van der Waals surface area contributed by atoms with Crippen molar-refractivity contribution in [3.05, 3.63) is 65.6 Å². The molecule has 5 heterocycles. The van der Waals surface area contributed by atoms with E-state index in [1.54, 1.807) is 41.6 Å². The lowest BCUT2D eigenvalue weighted by atomic mass is 10.1. The van der Waals surface area contributed by atoms with E-state index in [1.165, 1.54) is 16.6 Å². The molecule has 0 unspecified atom stereocenters. The van der Waals surface area contributed by atoms with Gasteiger partial charge in [0.2, 0.25) is 5.95 Å². The van der Waals surface area contributed by atoms with Crippen LogP contribution in [0.1, 0.15) is 20.8 Å². The fraction of sp³-hybridized carbons (Fsp3) is 0.367. The Morgan fingerprint density at radius 3 is 2.48 bits per heavy atom. The molecule has 0 radical (unpaired) electrons. The second-order valence-electron chi connectivity index (χ2n) is 11.0. The topological polar surface area (TPSA) is 114 Å². The number of aromatic nitrogens is 5. The van der Waals surface area contributed by atoms with Gasteiger partial charge in [-0.1, -0.05) is 6.08 Å². The Bertz CT molecular complexity index is 1720. The number of pyridine rings is 1. The average molecular weight is 570 g/mol. The molecule has 1 saturated heterocycles. The van der Waals surface area contributed by atoms with Gasteiger partial charge in [-0.3, -0.25) is 14.5 Å². The average Bonchev–Trinajstić information content (AvgIpc) is 3.25. The zero-order chi connectivity index (χ0) is 29.6. The summed E-state index contributed by atoms with van der Waals surface area (Å²) in [5.74, 6) is 1.46. The third-order valence-corrected chi connectivity index (χ3v) is 7.71. The van der Waals surface area contributed by atoms with Gasteiger partial charge in [-0.25, -0.2) is 19.3 Å². The van der Waals surface area contributed by atoms with E-state index in [1.807, 2.05) is 19.1 Å². The molecular formula is C30H35N9O3. The van der Waals surface area contributed by atoms with E-state index < -0.39 is 5.60 Å². The minimum Gasteiger partial charge on any atom is -0.474 e. The van der Waals surface area contributed by atoms with Crippen LogP contribution in [0.3, 0.4) is 0 Å². The summed E-state index contributed by atoms with van der Waals surface area (Å²) in [7, 11) is 2.14. The molecule has 3 aromatic heterocycles. The maximum Gasteiger partial charge on any atom is 0.278 e. The molecule has 2 aliphatic rings. The molecule has 2 aliphatic heterocycles. The molecule has 12 nitrogen and oxygen atoms in total. The highest BCUT2D eigenvalue weighted by molar-refractivity contribution is 6.01. The lowest BCUT2D eigenvalue weighted by molar-refractivity contribution is -0.132. The molecule has 218 valence electrons. The fourth-order valence-corrected chi connectivity index (χ4v) is 5.41. The molecule has 0 aliphatic carbocycles. The van der Waals surface area contributed by atoms with Gasteiger partial charge in [-0.15, -0.1) is 6.58 Å². The van der Waals surface area contributed by atoms with Gasteiger partial charge >= 0.3 is 0 Å². The fourth-order valence-electron chi connectivity index (χ4n) is 5.41. The Kier molecular flexibility index (Phi) is 6.93. The van der Waals surface area contributed by atoms with Crippen LogP contribution in [0.25, 0.3) is 16.9 Å². The van der Waals surface area contributed by atoms with Crippen molar-refractivity contribution in [3.63, 3.8) is 0 Å². The summed E-state index contributed by atoms with van der Waals surface area (Å²) in [6, 6.07) is 11.7. The molecule has 0 atom stereocenters. The smallest absolute Gasteiger partial charge is 0.278 e. The molecule has 42 heavy (non-hydrogen) atoms. The van der Waals surface area contributed by atoms with E-state index in [9.17, 15) is 9.59 Å². The number of amides is 1. The van der Waals surface area contributed by atoms with Crippen LogP contribution in [-0.4, -0.2) is 80.5 Å². The van der Waals surface area contributed by atoms with E-state index in [2.05, 4.69) is 45.9 Å². The first-order valence-corrected chi connectivity index (χ1v) is 14.1. The van der Waals surface area contributed by atoms with Gasteiger partial charge in [0.25, 0.3) is 11.5 Å². The second-order valence-corrected chi connectivity index (χ2v) is 11.0. The Morgan fingerprint density at radius 1 is 1.05 bits per heavy atom. The molecule has 1 fully saturated rings. The summed E-state index contributed by atoms with van der Waals surface area (Å²) in [6.07, 6.45) is 3.16. The maximum atomic E-state index is 13.4. The quantitative estimate of drug-likeness (QED) is 0.335. The number of carbonyl (C=O) groups is 1. The minimum absolute atomic E-state index is 0.185. The summed E-state index contributed by atoms with van der Waals surface area (Å²) in [4.78, 5) is 46.7. The number of rotatable bonds is 7. The highest BCUT2D eigenvalue weighted by Gasteiger charge is 2.41. The third kappa shape index (κ3) is 4.77. The summed E-state index contributed by atoms with van der Waals surface area (Å²) < 4.78 is 9.12. The molecule has 6 rings (SSSR count). The highest BCUT2D eigenvalue weighted by Crippen LogP contribution is 2.37. The zero-order valence-corrected chi connectivity index (χ0v) is 24.4. The number of nitrogens with one attached hydrogen (secondary N) is 1. The van der Waals surface area contributed by atoms with Gasteiger partial charge in [0.05, 0.1) is 6.54 Å². The van der Waals surface area contributed by atoms with E-state index in [0.717, 1.165) is 31.9 Å². The Hall–Kier alpha value is -4.71. The van der Waals surface area contributed by atoms with Crippen LogP contribution in [0, 0.1) is 0 Å². The molecule has 4 aromatic rings. The van der Waals surface area contributed by atoms with E-state index in [0.29, 0.717) is 40.9 Å². The van der Waals surface area contributed by atoms with Crippen LogP contribution >= 0.6 is 0 Å². The van der Waals surface area contributed by atoms with Crippen LogP contribution < -0.4 is 25.4 Å². The molecule has 0 saturated carbocycles. The Labute approximate surface area is 243 Å². The number of carbonyl (C=O) groups excluding carboxylic acids is 1. The minimum atomic E-state index is -1.01. The summed E-state index contributed by atoms with van der Waals surface area (Å²) in [5.41, 5.74) is 1.11. The first-order valence-electron chi connectivity index (χ1n) is 14.1. The molecule has 1 aromatic carbocycles. The molecule has 1 N–H and O–H groups in total. The van der Waals surface area contributed by atoms with Gasteiger partial charge in [0.15, 0.2) is 28.6 Å². The van der Waals surface area contributed by atoms with Crippen molar-refractivity contribution in [2.45, 2.75) is 32.9 Å². The van der Waals surface area contributed by atoms with E-state index >= 15 is 0 Å². The van der Waals surface area contributed by atoms with Gasteiger partial charge in [0, 0.05) is 50.3 Å². The molecule has 1 amide bonds. The number of allylic oxidation sites excluding steroid dienone is 1. The van der Waals surface area contributed by atoms with Crippen molar-refractivity contribution in [3.8, 4) is 11.6 Å². The Balaban J connectivity index is 1.37. The van der Waals surface area contributed by atoms with Crippen LogP contribution in [-0.2, 0) is 11.3 Å². The monoisotopic (exact) mass is 569 g/mol. The lowest BCUT2D eigenvalue weighted by Gasteiger charge is -2.37. The first kappa shape index (κ1) is 27.5. The van der Waals surface area contributed by atoms with Crippen LogP contribution in [0.15, 0.2) is 60.0 Å².